The summed E-state index contributed by atoms with van der Waals surface area (Å²) in [4.78, 5) is 29.1. The van der Waals surface area contributed by atoms with E-state index < -0.39 is 6.04 Å². The van der Waals surface area contributed by atoms with Crippen LogP contribution in [0.4, 0.5) is 0 Å². The zero-order valence-electron chi connectivity index (χ0n) is 20.3. The van der Waals surface area contributed by atoms with Crippen LogP contribution in [0.5, 0.6) is 0 Å². The molecular formula is C31H28Cl2N2O2. The standard InChI is InChI=1S/C31H28Cl2N2O2/c32-27-17-15-24(16-18-27)20-30(36)35(22-25-11-5-2-6-12-25)29(19-23-9-3-1-4-10-23)31(37)34-21-26-13-7-8-14-28(26)33/h1-18,29H,19-22H2,(H,34,37)/t29-/m0/s1. The molecule has 2 amide bonds. The highest BCUT2D eigenvalue weighted by Gasteiger charge is 2.30. The third kappa shape index (κ3) is 7.69. The predicted octanol–water partition coefficient (Wildman–Crippen LogP) is 6.49. The van der Waals surface area contributed by atoms with E-state index in [1.165, 1.54) is 0 Å². The SMILES string of the molecule is O=C(NCc1ccccc1Cl)[C@H](Cc1ccccc1)N(Cc1ccccc1)C(=O)Cc1ccc(Cl)cc1. The molecular weight excluding hydrogens is 503 g/mol. The van der Waals surface area contributed by atoms with E-state index in [0.29, 0.717) is 23.0 Å². The van der Waals surface area contributed by atoms with Gasteiger partial charge < -0.3 is 10.2 Å². The molecule has 4 rings (SSSR count). The van der Waals surface area contributed by atoms with Crippen molar-refractivity contribution in [2.45, 2.75) is 32.0 Å². The fourth-order valence-corrected chi connectivity index (χ4v) is 4.48. The Morgan fingerprint density at radius 1 is 0.703 bits per heavy atom. The lowest BCUT2D eigenvalue weighted by molar-refractivity contribution is -0.140. The van der Waals surface area contributed by atoms with Crippen molar-refractivity contribution in [1.82, 2.24) is 10.2 Å². The van der Waals surface area contributed by atoms with Crippen LogP contribution in [0.3, 0.4) is 0 Å². The van der Waals surface area contributed by atoms with Gasteiger partial charge in [0, 0.05) is 29.6 Å². The van der Waals surface area contributed by atoms with E-state index in [4.69, 9.17) is 23.2 Å². The van der Waals surface area contributed by atoms with Crippen LogP contribution in [0.25, 0.3) is 0 Å². The Balaban J connectivity index is 1.64. The van der Waals surface area contributed by atoms with E-state index in [-0.39, 0.29) is 24.8 Å². The fraction of sp³-hybridized carbons (Fsp3) is 0.161. The van der Waals surface area contributed by atoms with E-state index in [1.807, 2.05) is 91.0 Å². The fourth-order valence-electron chi connectivity index (χ4n) is 4.15. The Bertz CT molecular complexity index is 1310. The molecule has 0 aromatic heterocycles. The molecule has 0 saturated heterocycles. The lowest BCUT2D eigenvalue weighted by Crippen LogP contribution is -2.50. The minimum atomic E-state index is -0.718. The van der Waals surface area contributed by atoms with Crippen LogP contribution < -0.4 is 5.32 Å². The molecule has 4 aromatic carbocycles. The third-order valence-corrected chi connectivity index (χ3v) is 6.77. The van der Waals surface area contributed by atoms with Crippen molar-refractivity contribution in [2.24, 2.45) is 0 Å². The van der Waals surface area contributed by atoms with Gasteiger partial charge in [-0.05, 0) is 40.5 Å². The van der Waals surface area contributed by atoms with Gasteiger partial charge in [0.2, 0.25) is 11.8 Å². The van der Waals surface area contributed by atoms with Gasteiger partial charge >= 0.3 is 0 Å². The Morgan fingerprint density at radius 3 is 1.95 bits per heavy atom. The maximum atomic E-state index is 13.8. The van der Waals surface area contributed by atoms with Crippen molar-refractivity contribution in [3.05, 3.63) is 141 Å². The Labute approximate surface area is 227 Å². The largest absolute Gasteiger partial charge is 0.350 e. The van der Waals surface area contributed by atoms with Crippen LogP contribution in [0.15, 0.2) is 109 Å². The zero-order chi connectivity index (χ0) is 26.0. The van der Waals surface area contributed by atoms with Crippen molar-refractivity contribution in [3.63, 3.8) is 0 Å². The summed E-state index contributed by atoms with van der Waals surface area (Å²) in [7, 11) is 0. The molecule has 0 fully saturated rings. The molecule has 0 aliphatic carbocycles. The first kappa shape index (κ1) is 26.5. The number of nitrogens with one attached hydrogen (secondary N) is 1. The monoisotopic (exact) mass is 530 g/mol. The summed E-state index contributed by atoms with van der Waals surface area (Å²) < 4.78 is 0. The van der Waals surface area contributed by atoms with E-state index in [9.17, 15) is 9.59 Å². The lowest BCUT2D eigenvalue weighted by Gasteiger charge is -2.32. The van der Waals surface area contributed by atoms with Crippen LogP contribution in [0.1, 0.15) is 22.3 Å². The molecule has 1 atom stereocenters. The Morgan fingerprint density at radius 2 is 1.30 bits per heavy atom. The average molecular weight is 531 g/mol. The van der Waals surface area contributed by atoms with Crippen molar-refractivity contribution < 1.29 is 9.59 Å². The molecule has 4 nitrogen and oxygen atoms in total. The quantitative estimate of drug-likeness (QED) is 0.254. The predicted molar refractivity (Wildman–Crippen MR) is 149 cm³/mol. The van der Waals surface area contributed by atoms with Gasteiger partial charge in [0.05, 0.1) is 6.42 Å². The number of carbonyl (C=O) groups excluding carboxylic acids is 2. The Kier molecular flexibility index (Phi) is 9.36. The summed E-state index contributed by atoms with van der Waals surface area (Å²) in [6.07, 6.45) is 0.543. The highest BCUT2D eigenvalue weighted by atomic mass is 35.5. The molecule has 1 N–H and O–H groups in total. The van der Waals surface area contributed by atoms with Crippen LogP contribution in [-0.2, 0) is 35.5 Å². The highest BCUT2D eigenvalue weighted by Crippen LogP contribution is 2.19. The molecule has 188 valence electrons. The third-order valence-electron chi connectivity index (χ3n) is 6.15. The van der Waals surface area contributed by atoms with Gasteiger partial charge in [0.15, 0.2) is 0 Å². The van der Waals surface area contributed by atoms with Crippen LogP contribution >= 0.6 is 23.2 Å². The van der Waals surface area contributed by atoms with Gasteiger partial charge in [0.1, 0.15) is 6.04 Å². The second kappa shape index (κ2) is 13.1. The molecule has 0 aliphatic heterocycles. The summed E-state index contributed by atoms with van der Waals surface area (Å²) >= 11 is 12.4. The highest BCUT2D eigenvalue weighted by molar-refractivity contribution is 6.31. The van der Waals surface area contributed by atoms with E-state index in [2.05, 4.69) is 5.32 Å². The molecule has 0 aliphatic rings. The first-order chi connectivity index (χ1) is 18.0. The van der Waals surface area contributed by atoms with Gasteiger partial charge in [-0.2, -0.15) is 0 Å². The number of halogens is 2. The molecule has 0 unspecified atom stereocenters. The molecule has 0 spiro atoms. The molecule has 37 heavy (non-hydrogen) atoms. The van der Waals surface area contributed by atoms with Gasteiger partial charge in [-0.15, -0.1) is 0 Å². The number of rotatable bonds is 10. The first-order valence-corrected chi connectivity index (χ1v) is 12.9. The smallest absolute Gasteiger partial charge is 0.243 e. The van der Waals surface area contributed by atoms with Crippen molar-refractivity contribution in [1.29, 1.82) is 0 Å². The zero-order valence-corrected chi connectivity index (χ0v) is 21.8. The number of hydrogen-bond acceptors (Lipinski definition) is 2. The number of nitrogens with zero attached hydrogens (tertiary/aromatic N) is 1. The van der Waals surface area contributed by atoms with E-state index in [0.717, 1.165) is 22.3 Å². The maximum Gasteiger partial charge on any atom is 0.243 e. The summed E-state index contributed by atoms with van der Waals surface area (Å²) in [5.74, 6) is -0.371. The minimum absolute atomic E-state index is 0.139. The van der Waals surface area contributed by atoms with Crippen LogP contribution in [0.2, 0.25) is 10.0 Å². The lowest BCUT2D eigenvalue weighted by atomic mass is 10.0. The molecule has 4 aromatic rings. The van der Waals surface area contributed by atoms with Crippen LogP contribution in [0, 0.1) is 0 Å². The second-order valence-corrected chi connectivity index (χ2v) is 9.67. The molecule has 0 saturated carbocycles. The van der Waals surface area contributed by atoms with Gasteiger partial charge in [-0.25, -0.2) is 0 Å². The van der Waals surface area contributed by atoms with Crippen molar-refractivity contribution >= 4 is 35.0 Å². The number of amides is 2. The second-order valence-electron chi connectivity index (χ2n) is 8.83. The van der Waals surface area contributed by atoms with E-state index >= 15 is 0 Å². The topological polar surface area (TPSA) is 49.4 Å². The van der Waals surface area contributed by atoms with Gasteiger partial charge in [-0.1, -0.05) is 114 Å². The van der Waals surface area contributed by atoms with Crippen molar-refractivity contribution in [3.8, 4) is 0 Å². The van der Waals surface area contributed by atoms with Crippen LogP contribution in [-0.4, -0.2) is 22.8 Å². The molecule has 0 heterocycles. The summed E-state index contributed by atoms with van der Waals surface area (Å²) in [5.41, 5.74) is 3.57. The number of benzene rings is 4. The maximum absolute atomic E-state index is 13.8. The number of carbonyl (C=O) groups is 2. The normalized spacial score (nSPS) is 11.5. The number of hydrogen-bond donors (Lipinski definition) is 1. The van der Waals surface area contributed by atoms with Gasteiger partial charge in [-0.3, -0.25) is 9.59 Å². The molecule has 0 bridgehead atoms. The van der Waals surface area contributed by atoms with E-state index in [1.54, 1.807) is 23.1 Å². The minimum Gasteiger partial charge on any atom is -0.350 e. The van der Waals surface area contributed by atoms with Crippen molar-refractivity contribution in [2.75, 3.05) is 0 Å². The summed E-state index contributed by atoms with van der Waals surface area (Å²) in [6, 6.07) is 33.4. The Hall–Kier alpha value is -3.60. The summed E-state index contributed by atoms with van der Waals surface area (Å²) in [5, 5.41) is 4.21. The molecule has 6 heteroatoms. The average Bonchev–Trinajstić information content (AvgIpc) is 2.92. The van der Waals surface area contributed by atoms with Gasteiger partial charge in [0.25, 0.3) is 0 Å². The molecule has 0 radical (unpaired) electrons. The summed E-state index contributed by atoms with van der Waals surface area (Å²) in [6.45, 7) is 0.582. The first-order valence-electron chi connectivity index (χ1n) is 12.1.